The maximum atomic E-state index is 13.4. The molecule has 5 heteroatoms. The summed E-state index contributed by atoms with van der Waals surface area (Å²) in [6.45, 7) is 1.88. The lowest BCUT2D eigenvalue weighted by molar-refractivity contribution is 0.385. The molecule has 0 aromatic heterocycles. The SMILES string of the molecule is COc1cc(C(C)Nc2cc(F)cc(Cl)c2)ccc1F. The fourth-order valence-electron chi connectivity index (χ4n) is 1.92. The Balaban J connectivity index is 2.21. The molecule has 0 heterocycles. The summed E-state index contributed by atoms with van der Waals surface area (Å²) in [5.74, 6) is -0.658. The van der Waals surface area contributed by atoms with Crippen molar-refractivity contribution in [2.24, 2.45) is 0 Å². The lowest BCUT2D eigenvalue weighted by Crippen LogP contribution is -2.07. The molecule has 1 N–H and O–H groups in total. The van der Waals surface area contributed by atoms with E-state index in [1.807, 2.05) is 6.92 Å². The largest absolute Gasteiger partial charge is 0.494 e. The van der Waals surface area contributed by atoms with Crippen molar-refractivity contribution < 1.29 is 13.5 Å². The summed E-state index contributed by atoms with van der Waals surface area (Å²) in [7, 11) is 1.41. The van der Waals surface area contributed by atoms with Crippen LogP contribution >= 0.6 is 11.6 Å². The molecule has 0 saturated heterocycles. The zero-order chi connectivity index (χ0) is 14.7. The molecule has 0 fully saturated rings. The monoisotopic (exact) mass is 297 g/mol. The smallest absolute Gasteiger partial charge is 0.165 e. The summed E-state index contributed by atoms with van der Waals surface area (Å²) in [5, 5.41) is 3.42. The van der Waals surface area contributed by atoms with Crippen LogP contribution in [0.15, 0.2) is 36.4 Å². The lowest BCUT2D eigenvalue weighted by atomic mass is 10.1. The van der Waals surface area contributed by atoms with Gasteiger partial charge in [-0.25, -0.2) is 8.78 Å². The van der Waals surface area contributed by atoms with Crippen LogP contribution in [0.3, 0.4) is 0 Å². The molecule has 0 saturated carbocycles. The Labute approximate surface area is 121 Å². The van der Waals surface area contributed by atoms with Crippen molar-refractivity contribution >= 4 is 17.3 Å². The molecule has 2 nitrogen and oxygen atoms in total. The van der Waals surface area contributed by atoms with Gasteiger partial charge in [0, 0.05) is 16.8 Å². The Morgan fingerprint density at radius 3 is 2.55 bits per heavy atom. The van der Waals surface area contributed by atoms with Crippen molar-refractivity contribution in [3.05, 3.63) is 58.6 Å². The summed E-state index contributed by atoms with van der Waals surface area (Å²) in [4.78, 5) is 0. The van der Waals surface area contributed by atoms with E-state index in [9.17, 15) is 8.78 Å². The highest BCUT2D eigenvalue weighted by Crippen LogP contribution is 2.26. The number of hydrogen-bond acceptors (Lipinski definition) is 2. The third kappa shape index (κ3) is 3.39. The van der Waals surface area contributed by atoms with Crippen LogP contribution < -0.4 is 10.1 Å². The van der Waals surface area contributed by atoms with E-state index in [0.717, 1.165) is 5.56 Å². The zero-order valence-corrected chi connectivity index (χ0v) is 11.8. The Bertz CT molecular complexity index is 599. The van der Waals surface area contributed by atoms with E-state index in [1.165, 1.54) is 25.3 Å². The minimum absolute atomic E-state index is 0.151. The molecule has 1 atom stereocenters. The maximum Gasteiger partial charge on any atom is 0.165 e. The fourth-order valence-corrected chi connectivity index (χ4v) is 2.14. The van der Waals surface area contributed by atoms with Gasteiger partial charge >= 0.3 is 0 Å². The van der Waals surface area contributed by atoms with Gasteiger partial charge in [-0.3, -0.25) is 0 Å². The van der Waals surface area contributed by atoms with Crippen molar-refractivity contribution in [3.63, 3.8) is 0 Å². The number of anilines is 1. The molecule has 0 aliphatic rings. The minimum atomic E-state index is -0.419. The van der Waals surface area contributed by atoms with E-state index >= 15 is 0 Å². The van der Waals surface area contributed by atoms with E-state index in [-0.39, 0.29) is 11.8 Å². The van der Waals surface area contributed by atoms with E-state index in [2.05, 4.69) is 5.32 Å². The molecule has 0 spiro atoms. The molecule has 2 aromatic carbocycles. The minimum Gasteiger partial charge on any atom is -0.494 e. The number of hydrogen-bond donors (Lipinski definition) is 1. The number of benzene rings is 2. The first-order chi connectivity index (χ1) is 9.49. The van der Waals surface area contributed by atoms with Gasteiger partial charge in [0.05, 0.1) is 7.11 Å². The summed E-state index contributed by atoms with van der Waals surface area (Å²) >= 11 is 5.80. The molecule has 1 unspecified atom stereocenters. The summed E-state index contributed by atoms with van der Waals surface area (Å²) in [6.07, 6.45) is 0. The van der Waals surface area contributed by atoms with E-state index in [1.54, 1.807) is 18.2 Å². The van der Waals surface area contributed by atoms with Crippen LogP contribution in [0.1, 0.15) is 18.5 Å². The molecular formula is C15H14ClF2NO. The Morgan fingerprint density at radius 1 is 1.15 bits per heavy atom. The van der Waals surface area contributed by atoms with Crippen LogP contribution in [0.2, 0.25) is 5.02 Å². The van der Waals surface area contributed by atoms with Crippen molar-refractivity contribution in [3.8, 4) is 5.75 Å². The second-order valence-electron chi connectivity index (χ2n) is 4.42. The third-order valence-electron chi connectivity index (χ3n) is 2.92. The molecule has 0 radical (unpaired) electrons. The quantitative estimate of drug-likeness (QED) is 0.875. The molecule has 106 valence electrons. The molecule has 0 aliphatic carbocycles. The second kappa shape index (κ2) is 6.09. The molecule has 0 bridgehead atoms. The number of methoxy groups -OCH3 is 1. The van der Waals surface area contributed by atoms with Crippen molar-refractivity contribution in [2.75, 3.05) is 12.4 Å². The second-order valence-corrected chi connectivity index (χ2v) is 4.85. The van der Waals surface area contributed by atoms with Crippen LogP contribution in [-0.4, -0.2) is 7.11 Å². The van der Waals surface area contributed by atoms with Gasteiger partial charge < -0.3 is 10.1 Å². The average Bonchev–Trinajstić information content (AvgIpc) is 2.37. The van der Waals surface area contributed by atoms with Crippen molar-refractivity contribution in [1.82, 2.24) is 0 Å². The van der Waals surface area contributed by atoms with E-state index < -0.39 is 11.6 Å². The predicted molar refractivity (Wildman–Crippen MR) is 76.4 cm³/mol. The molecule has 2 aromatic rings. The summed E-state index contributed by atoms with van der Waals surface area (Å²) in [6, 6.07) is 8.65. The third-order valence-corrected chi connectivity index (χ3v) is 3.14. The van der Waals surface area contributed by atoms with Gasteiger partial charge in [0.15, 0.2) is 11.6 Å². The fraction of sp³-hybridized carbons (Fsp3) is 0.200. The summed E-state index contributed by atoms with van der Waals surface area (Å²) in [5.41, 5.74) is 1.38. The highest BCUT2D eigenvalue weighted by molar-refractivity contribution is 6.30. The van der Waals surface area contributed by atoms with Gasteiger partial charge in [-0.1, -0.05) is 17.7 Å². The van der Waals surface area contributed by atoms with Crippen LogP contribution in [0.4, 0.5) is 14.5 Å². The summed E-state index contributed by atoms with van der Waals surface area (Å²) < 4.78 is 31.6. The van der Waals surface area contributed by atoms with Gasteiger partial charge in [0.1, 0.15) is 5.82 Å². The first-order valence-electron chi connectivity index (χ1n) is 6.05. The van der Waals surface area contributed by atoms with Gasteiger partial charge in [-0.15, -0.1) is 0 Å². The molecule has 0 amide bonds. The van der Waals surface area contributed by atoms with E-state index in [4.69, 9.17) is 16.3 Å². The van der Waals surface area contributed by atoms with Crippen molar-refractivity contribution in [1.29, 1.82) is 0 Å². The molecule has 2 rings (SSSR count). The van der Waals surface area contributed by atoms with E-state index in [0.29, 0.717) is 10.7 Å². The van der Waals surface area contributed by atoms with Crippen molar-refractivity contribution in [2.45, 2.75) is 13.0 Å². The number of ether oxygens (including phenoxy) is 1. The highest BCUT2D eigenvalue weighted by atomic mass is 35.5. The van der Waals surface area contributed by atoms with Gasteiger partial charge in [-0.05, 0) is 42.8 Å². The lowest BCUT2D eigenvalue weighted by Gasteiger charge is -2.17. The first-order valence-corrected chi connectivity index (χ1v) is 6.43. The van der Waals surface area contributed by atoms with Crippen LogP contribution in [-0.2, 0) is 0 Å². The first kappa shape index (κ1) is 14.6. The van der Waals surface area contributed by atoms with Gasteiger partial charge in [-0.2, -0.15) is 0 Å². The molecule has 20 heavy (non-hydrogen) atoms. The zero-order valence-electron chi connectivity index (χ0n) is 11.1. The highest BCUT2D eigenvalue weighted by Gasteiger charge is 2.10. The average molecular weight is 298 g/mol. The van der Waals surface area contributed by atoms with Crippen LogP contribution in [0.5, 0.6) is 5.75 Å². The number of rotatable bonds is 4. The maximum absolute atomic E-state index is 13.4. The Hall–Kier alpha value is -1.81. The van der Waals surface area contributed by atoms with Crippen LogP contribution in [0.25, 0.3) is 0 Å². The normalized spacial score (nSPS) is 12.1. The standard InChI is InChI=1S/C15H14ClF2NO/c1-9(10-3-4-14(18)15(5-10)20-2)19-13-7-11(16)6-12(17)8-13/h3-9,19H,1-2H3. The van der Waals surface area contributed by atoms with Gasteiger partial charge in [0.25, 0.3) is 0 Å². The van der Waals surface area contributed by atoms with Gasteiger partial charge in [0.2, 0.25) is 0 Å². The molecule has 0 aliphatic heterocycles. The van der Waals surface area contributed by atoms with Crippen LogP contribution in [0, 0.1) is 11.6 Å². The predicted octanol–water partition coefficient (Wildman–Crippen LogP) is 4.80. The number of nitrogens with one attached hydrogen (secondary N) is 1. The Morgan fingerprint density at radius 2 is 1.90 bits per heavy atom. The topological polar surface area (TPSA) is 21.3 Å². The number of halogens is 3. The molecular weight excluding hydrogens is 284 g/mol. The Kier molecular flexibility index (Phi) is 4.45.